The van der Waals surface area contributed by atoms with Gasteiger partial charge in [0.05, 0.1) is 10.7 Å². The number of unbranched alkanes of at least 4 members (excludes halogenated alkanes) is 4. The first-order valence-electron chi connectivity index (χ1n) is 10.8. The van der Waals surface area contributed by atoms with E-state index in [0.717, 1.165) is 37.9 Å². The number of likely N-dealkylation sites (tertiary alicyclic amines) is 1. The van der Waals surface area contributed by atoms with E-state index in [1.165, 1.54) is 38.6 Å². The van der Waals surface area contributed by atoms with E-state index in [-0.39, 0.29) is 30.5 Å². The number of nitrogen functional groups attached to an aromatic ring is 1. The number of carboxylic acid groups (broad SMARTS) is 1. The minimum Gasteiger partial charge on any atom is -0.485 e. The summed E-state index contributed by atoms with van der Waals surface area (Å²) in [6.07, 6.45) is 8.67. The van der Waals surface area contributed by atoms with Gasteiger partial charge in [-0.15, -0.1) is 12.4 Å². The number of rotatable bonds is 9. The number of aliphatic carboxylic acids is 1. The van der Waals surface area contributed by atoms with E-state index < -0.39 is 12.1 Å². The normalized spacial score (nSPS) is 19.3. The summed E-state index contributed by atoms with van der Waals surface area (Å²) in [7, 11) is 0. The fraction of sp³-hybridized carbons (Fsp3) is 0.682. The van der Waals surface area contributed by atoms with Crippen LogP contribution in [0.25, 0.3) is 0 Å². The second-order valence-electron chi connectivity index (χ2n) is 8.25. The van der Waals surface area contributed by atoms with Gasteiger partial charge in [0.25, 0.3) is 0 Å². The van der Waals surface area contributed by atoms with Gasteiger partial charge in [-0.2, -0.15) is 0 Å². The molecule has 3 rings (SSSR count). The van der Waals surface area contributed by atoms with Gasteiger partial charge in [0.1, 0.15) is 6.61 Å². The van der Waals surface area contributed by atoms with E-state index in [9.17, 15) is 9.90 Å². The quantitative estimate of drug-likeness (QED) is 0.406. The van der Waals surface area contributed by atoms with Gasteiger partial charge in [-0.1, -0.05) is 44.2 Å². The van der Waals surface area contributed by atoms with E-state index in [0.29, 0.717) is 16.7 Å². The number of nitrogens with zero attached hydrogens (tertiary/aromatic N) is 1. The Labute approximate surface area is 190 Å². The second-order valence-corrected chi connectivity index (χ2v) is 8.66. The minimum atomic E-state index is -1.07. The molecule has 1 saturated heterocycles. The number of ether oxygens (including phenoxy) is 2. The van der Waals surface area contributed by atoms with Gasteiger partial charge in [0.15, 0.2) is 11.5 Å². The highest BCUT2D eigenvalue weighted by Gasteiger charge is 2.32. The second kappa shape index (κ2) is 11.9. The molecule has 1 atom stereocenters. The highest BCUT2D eigenvalue weighted by molar-refractivity contribution is 6.33. The number of halogens is 2. The molecule has 0 aromatic heterocycles. The number of hydrogen-bond donors (Lipinski definition) is 2. The lowest BCUT2D eigenvalue weighted by Gasteiger charge is -2.33. The number of anilines is 1. The largest absolute Gasteiger partial charge is 0.485 e. The molecule has 1 unspecified atom stereocenters. The molecule has 0 bridgehead atoms. The van der Waals surface area contributed by atoms with Crippen LogP contribution < -0.4 is 15.2 Å². The van der Waals surface area contributed by atoms with Crippen LogP contribution in [-0.2, 0) is 11.2 Å². The molecule has 6 nitrogen and oxygen atoms in total. The molecule has 30 heavy (non-hydrogen) atoms. The Kier molecular flexibility index (Phi) is 9.85. The van der Waals surface area contributed by atoms with E-state index in [4.69, 9.17) is 26.8 Å². The van der Waals surface area contributed by atoms with Gasteiger partial charge in [-0.05, 0) is 62.9 Å². The van der Waals surface area contributed by atoms with Crippen molar-refractivity contribution in [2.24, 2.45) is 5.92 Å². The zero-order valence-corrected chi connectivity index (χ0v) is 19.3. The maximum Gasteiger partial charge on any atom is 0.348 e. The first-order valence-corrected chi connectivity index (χ1v) is 11.2. The van der Waals surface area contributed by atoms with Gasteiger partial charge in [0, 0.05) is 0 Å². The Morgan fingerprint density at radius 1 is 1.23 bits per heavy atom. The average Bonchev–Trinajstić information content (AvgIpc) is 2.72. The zero-order valence-electron chi connectivity index (χ0n) is 17.7. The predicted molar refractivity (Wildman–Crippen MR) is 122 cm³/mol. The number of piperidine rings is 1. The van der Waals surface area contributed by atoms with Gasteiger partial charge in [0.2, 0.25) is 6.10 Å². The lowest BCUT2D eigenvalue weighted by Crippen LogP contribution is -2.37. The Morgan fingerprint density at radius 3 is 2.60 bits per heavy atom. The van der Waals surface area contributed by atoms with E-state index >= 15 is 0 Å². The van der Waals surface area contributed by atoms with Crippen molar-refractivity contribution in [1.29, 1.82) is 0 Å². The molecule has 170 valence electrons. The van der Waals surface area contributed by atoms with E-state index in [1.807, 2.05) is 6.07 Å². The number of benzene rings is 1. The summed E-state index contributed by atoms with van der Waals surface area (Å²) in [6.45, 7) is 5.68. The Balaban J connectivity index is 0.00000320. The summed E-state index contributed by atoms with van der Waals surface area (Å²) in [5, 5.41) is 9.59. The molecule has 1 aromatic rings. The molecule has 3 N–H and O–H groups in total. The van der Waals surface area contributed by atoms with Crippen molar-refractivity contribution in [1.82, 2.24) is 4.90 Å². The Hall–Kier alpha value is -1.37. The number of carbonyl (C=O) groups is 1. The van der Waals surface area contributed by atoms with Gasteiger partial charge < -0.3 is 25.2 Å². The molecular weight excluding hydrogens is 427 g/mol. The van der Waals surface area contributed by atoms with Crippen molar-refractivity contribution in [3.63, 3.8) is 0 Å². The molecular formula is C22H34Cl2N2O4. The molecule has 0 saturated carbocycles. The van der Waals surface area contributed by atoms with Crippen molar-refractivity contribution in [3.05, 3.63) is 16.7 Å². The van der Waals surface area contributed by atoms with Gasteiger partial charge in [-0.3, -0.25) is 0 Å². The highest BCUT2D eigenvalue weighted by atomic mass is 35.5. The van der Waals surface area contributed by atoms with Crippen molar-refractivity contribution in [2.75, 3.05) is 32.0 Å². The predicted octanol–water partition coefficient (Wildman–Crippen LogP) is 4.79. The van der Waals surface area contributed by atoms with Crippen LogP contribution in [0.15, 0.2) is 6.07 Å². The van der Waals surface area contributed by atoms with Crippen molar-refractivity contribution < 1.29 is 19.4 Å². The standard InChI is InChI=1S/C22H33ClN2O4.ClH/c1-2-3-4-5-6-9-25-10-7-15(8-11-25)12-16-13-17(23)19(24)21-20(16)28-14-18(29-21)22(26)27;/h13,15,18H,2-12,14,24H2,1H3,(H,26,27);1H. The van der Waals surface area contributed by atoms with Crippen LogP contribution in [0.5, 0.6) is 11.5 Å². The molecule has 0 spiro atoms. The summed E-state index contributed by atoms with van der Waals surface area (Å²) in [5.74, 6) is 0.313. The molecule has 8 heteroatoms. The first kappa shape index (κ1) is 24.9. The zero-order chi connectivity index (χ0) is 20.8. The fourth-order valence-corrected chi connectivity index (χ4v) is 4.44. The molecule has 1 aromatic carbocycles. The third-order valence-corrected chi connectivity index (χ3v) is 6.32. The van der Waals surface area contributed by atoms with Crippen molar-refractivity contribution in [2.45, 2.75) is 64.4 Å². The number of carboxylic acids is 1. The summed E-state index contributed by atoms with van der Waals surface area (Å²) < 4.78 is 11.3. The SMILES string of the molecule is CCCCCCCN1CCC(Cc2cc(Cl)c(N)c3c2OCC(C(=O)O)O3)CC1.Cl. The number of hydrogen-bond acceptors (Lipinski definition) is 5. The topological polar surface area (TPSA) is 85.0 Å². The highest BCUT2D eigenvalue weighted by Crippen LogP contribution is 2.45. The first-order chi connectivity index (χ1) is 14.0. The van der Waals surface area contributed by atoms with Crippen LogP contribution in [0, 0.1) is 5.92 Å². The van der Waals surface area contributed by atoms with E-state index in [2.05, 4.69) is 11.8 Å². The molecule has 0 radical (unpaired) electrons. The number of fused-ring (bicyclic) bond motifs is 1. The average molecular weight is 461 g/mol. The third-order valence-electron chi connectivity index (χ3n) is 6.01. The maximum atomic E-state index is 11.2. The van der Waals surface area contributed by atoms with E-state index in [1.54, 1.807) is 0 Å². The van der Waals surface area contributed by atoms with Crippen LogP contribution in [0.4, 0.5) is 5.69 Å². The van der Waals surface area contributed by atoms with Crippen LogP contribution in [0.3, 0.4) is 0 Å². The third kappa shape index (κ3) is 6.32. The van der Waals surface area contributed by atoms with Crippen LogP contribution in [-0.4, -0.2) is 48.3 Å². The molecule has 1 fully saturated rings. The molecule has 2 aliphatic heterocycles. The lowest BCUT2D eigenvalue weighted by atomic mass is 9.89. The summed E-state index contributed by atoms with van der Waals surface area (Å²) in [4.78, 5) is 13.8. The van der Waals surface area contributed by atoms with Gasteiger partial charge >= 0.3 is 5.97 Å². The van der Waals surface area contributed by atoms with Gasteiger partial charge in [-0.25, -0.2) is 4.79 Å². The van der Waals surface area contributed by atoms with Crippen LogP contribution in [0.2, 0.25) is 5.02 Å². The Bertz CT molecular complexity index is 709. The lowest BCUT2D eigenvalue weighted by molar-refractivity contribution is -0.147. The fourth-order valence-electron chi connectivity index (χ4n) is 4.22. The van der Waals surface area contributed by atoms with Crippen molar-refractivity contribution >= 4 is 35.7 Å². The smallest absolute Gasteiger partial charge is 0.348 e. The molecule has 0 aliphatic carbocycles. The van der Waals surface area contributed by atoms with Crippen molar-refractivity contribution in [3.8, 4) is 11.5 Å². The molecule has 2 heterocycles. The van der Waals surface area contributed by atoms with Crippen LogP contribution in [0.1, 0.15) is 57.4 Å². The summed E-state index contributed by atoms with van der Waals surface area (Å²) in [6, 6.07) is 1.85. The maximum absolute atomic E-state index is 11.2. The molecule has 2 aliphatic rings. The molecule has 0 amide bonds. The van der Waals surface area contributed by atoms with Crippen LogP contribution >= 0.6 is 24.0 Å². The minimum absolute atomic E-state index is 0. The monoisotopic (exact) mass is 460 g/mol. The number of nitrogens with two attached hydrogens (primary N) is 1. The Morgan fingerprint density at radius 2 is 1.93 bits per heavy atom. The summed E-state index contributed by atoms with van der Waals surface area (Å²) >= 11 is 6.30. The summed E-state index contributed by atoms with van der Waals surface area (Å²) in [5.41, 5.74) is 7.23.